The third-order valence-corrected chi connectivity index (χ3v) is 3.70. The van der Waals surface area contributed by atoms with E-state index in [2.05, 4.69) is 48.5 Å². The number of amides is 1. The first kappa shape index (κ1) is 17.0. The molecule has 0 radical (unpaired) electrons. The molecule has 0 aromatic carbocycles. The van der Waals surface area contributed by atoms with Crippen LogP contribution in [-0.4, -0.2) is 34.7 Å². The van der Waals surface area contributed by atoms with E-state index in [1.54, 1.807) is 0 Å². The van der Waals surface area contributed by atoms with Crippen LogP contribution in [0.4, 0.5) is 0 Å². The Labute approximate surface area is 126 Å². The van der Waals surface area contributed by atoms with Crippen LogP contribution < -0.4 is 10.6 Å². The smallest absolute Gasteiger partial charge is 0.272 e. The van der Waals surface area contributed by atoms with Gasteiger partial charge in [-0.3, -0.25) is 9.89 Å². The Bertz CT molecular complexity index is 452. The van der Waals surface area contributed by atoms with Crippen molar-refractivity contribution in [2.45, 2.75) is 58.0 Å². The highest BCUT2D eigenvalue weighted by atomic mass is 35.5. The molecule has 1 aliphatic rings. The molecule has 2 unspecified atom stereocenters. The van der Waals surface area contributed by atoms with Gasteiger partial charge >= 0.3 is 0 Å². The molecule has 1 aromatic heterocycles. The van der Waals surface area contributed by atoms with E-state index in [0.717, 1.165) is 25.1 Å². The second kappa shape index (κ2) is 6.59. The van der Waals surface area contributed by atoms with Crippen molar-refractivity contribution < 1.29 is 4.79 Å². The molecule has 1 fully saturated rings. The van der Waals surface area contributed by atoms with Crippen LogP contribution in [-0.2, 0) is 5.41 Å². The molecule has 20 heavy (non-hydrogen) atoms. The molecular formula is C14H25ClN4O. The summed E-state index contributed by atoms with van der Waals surface area (Å²) >= 11 is 0. The van der Waals surface area contributed by atoms with Crippen LogP contribution in [0.5, 0.6) is 0 Å². The Balaban J connectivity index is 0.00000200. The zero-order chi connectivity index (χ0) is 14.0. The van der Waals surface area contributed by atoms with Crippen LogP contribution in [0.15, 0.2) is 6.07 Å². The van der Waals surface area contributed by atoms with Gasteiger partial charge in [0.15, 0.2) is 0 Å². The average Bonchev–Trinajstić information content (AvgIpc) is 2.81. The molecule has 6 heteroatoms. The molecule has 2 atom stereocenters. The number of aromatic nitrogens is 2. The molecule has 1 saturated heterocycles. The highest BCUT2D eigenvalue weighted by Crippen LogP contribution is 2.20. The maximum Gasteiger partial charge on any atom is 0.272 e. The number of H-pyrrole nitrogens is 1. The lowest BCUT2D eigenvalue weighted by molar-refractivity contribution is 0.0914. The number of hydrogen-bond donors (Lipinski definition) is 3. The van der Waals surface area contributed by atoms with Gasteiger partial charge in [0.1, 0.15) is 5.69 Å². The summed E-state index contributed by atoms with van der Waals surface area (Å²) in [6.07, 6.45) is 2.12. The van der Waals surface area contributed by atoms with Crippen molar-refractivity contribution in [2.24, 2.45) is 0 Å². The molecule has 1 amide bonds. The van der Waals surface area contributed by atoms with Crippen LogP contribution in [0, 0.1) is 0 Å². The number of piperidine rings is 1. The standard InChI is InChI=1S/C14H24N4O.ClH/c1-9-10(6-5-7-15-9)16-13(19)11-8-12(18-17-11)14(2,3)4;/h8-10,15H,5-7H2,1-4H3,(H,16,19)(H,17,18);1H. The average molecular weight is 301 g/mol. The van der Waals surface area contributed by atoms with Crippen LogP contribution in [0.25, 0.3) is 0 Å². The lowest BCUT2D eigenvalue weighted by Gasteiger charge is -2.30. The van der Waals surface area contributed by atoms with Crippen LogP contribution >= 0.6 is 12.4 Å². The summed E-state index contributed by atoms with van der Waals surface area (Å²) in [5.41, 5.74) is 1.43. The van der Waals surface area contributed by atoms with Gasteiger partial charge < -0.3 is 10.6 Å². The van der Waals surface area contributed by atoms with Crippen molar-refractivity contribution in [2.75, 3.05) is 6.54 Å². The fraction of sp³-hybridized carbons (Fsp3) is 0.714. The van der Waals surface area contributed by atoms with E-state index in [0.29, 0.717) is 11.7 Å². The molecule has 114 valence electrons. The number of hydrogen-bond acceptors (Lipinski definition) is 3. The zero-order valence-electron chi connectivity index (χ0n) is 12.6. The summed E-state index contributed by atoms with van der Waals surface area (Å²) in [4.78, 5) is 12.2. The second-order valence-electron chi connectivity index (χ2n) is 6.38. The summed E-state index contributed by atoms with van der Waals surface area (Å²) in [7, 11) is 0. The van der Waals surface area contributed by atoms with E-state index in [1.165, 1.54) is 0 Å². The lowest BCUT2D eigenvalue weighted by Crippen LogP contribution is -2.51. The maximum atomic E-state index is 12.2. The third-order valence-electron chi connectivity index (χ3n) is 3.70. The molecule has 5 nitrogen and oxygen atoms in total. The number of nitrogens with one attached hydrogen (secondary N) is 3. The fourth-order valence-electron chi connectivity index (χ4n) is 2.31. The van der Waals surface area contributed by atoms with E-state index in [1.807, 2.05) is 6.07 Å². The molecular weight excluding hydrogens is 276 g/mol. The van der Waals surface area contributed by atoms with Gasteiger partial charge in [0, 0.05) is 23.2 Å². The molecule has 2 heterocycles. The maximum absolute atomic E-state index is 12.2. The quantitative estimate of drug-likeness (QED) is 0.782. The topological polar surface area (TPSA) is 69.8 Å². The Morgan fingerprint density at radius 2 is 2.15 bits per heavy atom. The van der Waals surface area contributed by atoms with Crippen LogP contribution in [0.3, 0.4) is 0 Å². The largest absolute Gasteiger partial charge is 0.346 e. The monoisotopic (exact) mass is 300 g/mol. The molecule has 3 N–H and O–H groups in total. The number of rotatable bonds is 2. The first-order valence-electron chi connectivity index (χ1n) is 6.98. The molecule has 1 aromatic rings. The highest BCUT2D eigenvalue weighted by molar-refractivity contribution is 5.92. The van der Waals surface area contributed by atoms with E-state index >= 15 is 0 Å². The summed E-state index contributed by atoms with van der Waals surface area (Å²) in [6, 6.07) is 2.35. The summed E-state index contributed by atoms with van der Waals surface area (Å²) < 4.78 is 0. The fourth-order valence-corrected chi connectivity index (χ4v) is 2.31. The highest BCUT2D eigenvalue weighted by Gasteiger charge is 2.25. The second-order valence-corrected chi connectivity index (χ2v) is 6.38. The lowest BCUT2D eigenvalue weighted by atomic mass is 9.92. The Kier molecular flexibility index (Phi) is 5.59. The van der Waals surface area contributed by atoms with E-state index < -0.39 is 0 Å². The first-order chi connectivity index (χ1) is 8.88. The number of carbonyl (C=O) groups excluding carboxylic acids is 1. The Morgan fingerprint density at radius 1 is 1.45 bits per heavy atom. The SMILES string of the molecule is CC1NCCCC1NC(=O)c1cc(C(C)(C)C)[nH]n1.Cl. The van der Waals surface area contributed by atoms with Crippen molar-refractivity contribution >= 4 is 18.3 Å². The van der Waals surface area contributed by atoms with Crippen LogP contribution in [0.1, 0.15) is 56.7 Å². The number of nitrogens with zero attached hydrogens (tertiary/aromatic N) is 1. The van der Waals surface area contributed by atoms with Gasteiger partial charge in [-0.1, -0.05) is 20.8 Å². The molecule has 2 rings (SSSR count). The first-order valence-corrected chi connectivity index (χ1v) is 6.98. The molecule has 0 bridgehead atoms. The van der Waals surface area contributed by atoms with E-state index in [4.69, 9.17) is 0 Å². The molecule has 1 aliphatic heterocycles. The zero-order valence-corrected chi connectivity index (χ0v) is 13.4. The van der Waals surface area contributed by atoms with E-state index in [9.17, 15) is 4.79 Å². The molecule has 0 spiro atoms. The van der Waals surface area contributed by atoms with Crippen molar-refractivity contribution in [3.05, 3.63) is 17.5 Å². The predicted octanol–water partition coefficient (Wildman–Crippen LogP) is 2.00. The number of carbonyl (C=O) groups is 1. The van der Waals surface area contributed by atoms with E-state index in [-0.39, 0.29) is 29.8 Å². The predicted molar refractivity (Wildman–Crippen MR) is 82.5 cm³/mol. The summed E-state index contributed by atoms with van der Waals surface area (Å²) in [5.74, 6) is -0.0905. The summed E-state index contributed by atoms with van der Waals surface area (Å²) in [5, 5.41) is 13.5. The van der Waals surface area contributed by atoms with Crippen molar-refractivity contribution in [3.63, 3.8) is 0 Å². The number of halogens is 1. The van der Waals surface area contributed by atoms with Crippen molar-refractivity contribution in [3.8, 4) is 0 Å². The van der Waals surface area contributed by atoms with Gasteiger partial charge in [-0.25, -0.2) is 0 Å². The van der Waals surface area contributed by atoms with Crippen LogP contribution in [0.2, 0.25) is 0 Å². The number of aromatic amines is 1. The molecule has 0 saturated carbocycles. The van der Waals surface area contributed by atoms with Gasteiger partial charge in [0.05, 0.1) is 0 Å². The Morgan fingerprint density at radius 3 is 2.70 bits per heavy atom. The van der Waals surface area contributed by atoms with Gasteiger partial charge in [0.25, 0.3) is 5.91 Å². The third kappa shape index (κ3) is 3.96. The molecule has 0 aliphatic carbocycles. The van der Waals surface area contributed by atoms with Gasteiger partial charge in [-0.15, -0.1) is 12.4 Å². The minimum Gasteiger partial charge on any atom is -0.346 e. The Hall–Kier alpha value is -1.07. The summed E-state index contributed by atoms with van der Waals surface area (Å²) in [6.45, 7) is 9.42. The van der Waals surface area contributed by atoms with Gasteiger partial charge in [-0.05, 0) is 32.4 Å². The van der Waals surface area contributed by atoms with Crippen molar-refractivity contribution in [1.29, 1.82) is 0 Å². The van der Waals surface area contributed by atoms with Gasteiger partial charge in [0.2, 0.25) is 0 Å². The minimum atomic E-state index is -0.0905. The van der Waals surface area contributed by atoms with Crippen molar-refractivity contribution in [1.82, 2.24) is 20.8 Å². The van der Waals surface area contributed by atoms with Gasteiger partial charge in [-0.2, -0.15) is 5.10 Å². The minimum absolute atomic E-state index is 0. The normalized spacial score (nSPS) is 23.0.